The van der Waals surface area contributed by atoms with Crippen molar-refractivity contribution in [1.82, 2.24) is 0 Å². The van der Waals surface area contributed by atoms with Crippen molar-refractivity contribution in [3.8, 4) is 11.8 Å². The molecule has 116 valence electrons. The number of nitriles is 1. The molecule has 1 aliphatic heterocycles. The van der Waals surface area contributed by atoms with Crippen LogP contribution in [0.15, 0.2) is 54.6 Å². The van der Waals surface area contributed by atoms with Crippen LogP contribution < -0.4 is 9.64 Å². The number of benzene rings is 2. The number of amides is 1. The average molecular weight is 306 g/mol. The van der Waals surface area contributed by atoms with E-state index in [-0.39, 0.29) is 11.8 Å². The zero-order chi connectivity index (χ0) is 16.1. The predicted octanol–water partition coefficient (Wildman–Crippen LogP) is 3.53. The van der Waals surface area contributed by atoms with E-state index in [1.54, 1.807) is 4.90 Å². The molecule has 3 rings (SSSR count). The van der Waals surface area contributed by atoms with Gasteiger partial charge in [0.05, 0.1) is 6.07 Å². The minimum atomic E-state index is 0.0863. The number of anilines is 1. The summed E-state index contributed by atoms with van der Waals surface area (Å²) in [6.07, 6.45) is 0.889. The Kier molecular flexibility index (Phi) is 4.58. The monoisotopic (exact) mass is 306 g/mol. The number of nitrogens with zero attached hydrogens (tertiary/aromatic N) is 2. The van der Waals surface area contributed by atoms with Gasteiger partial charge in [-0.25, -0.2) is 0 Å². The Labute approximate surface area is 135 Å². The van der Waals surface area contributed by atoms with Crippen LogP contribution in [-0.2, 0) is 11.4 Å². The molecular weight excluding hydrogens is 288 g/mol. The molecule has 1 heterocycles. The molecule has 0 N–H and O–H groups in total. The molecule has 1 aliphatic rings. The summed E-state index contributed by atoms with van der Waals surface area (Å²) >= 11 is 0. The van der Waals surface area contributed by atoms with Gasteiger partial charge in [0, 0.05) is 25.1 Å². The van der Waals surface area contributed by atoms with Crippen molar-refractivity contribution in [3.63, 3.8) is 0 Å². The van der Waals surface area contributed by atoms with Crippen LogP contribution in [0.5, 0.6) is 5.75 Å². The maximum absolute atomic E-state index is 12.0. The van der Waals surface area contributed by atoms with Crippen LogP contribution in [0.2, 0.25) is 0 Å². The van der Waals surface area contributed by atoms with Gasteiger partial charge in [-0.05, 0) is 35.7 Å². The molecule has 0 radical (unpaired) electrons. The van der Waals surface area contributed by atoms with Crippen LogP contribution in [0.4, 0.5) is 5.69 Å². The molecule has 0 saturated carbocycles. The largest absolute Gasteiger partial charge is 0.489 e. The van der Waals surface area contributed by atoms with Gasteiger partial charge in [0.25, 0.3) is 0 Å². The van der Waals surface area contributed by atoms with E-state index >= 15 is 0 Å². The summed E-state index contributed by atoms with van der Waals surface area (Å²) in [5.41, 5.74) is 1.98. The van der Waals surface area contributed by atoms with E-state index < -0.39 is 0 Å². The zero-order valence-electron chi connectivity index (χ0n) is 12.8. The summed E-state index contributed by atoms with van der Waals surface area (Å²) < 4.78 is 5.75. The predicted molar refractivity (Wildman–Crippen MR) is 87.9 cm³/mol. The van der Waals surface area contributed by atoms with Gasteiger partial charge in [0.15, 0.2) is 0 Å². The number of hydrogen-bond donors (Lipinski definition) is 0. The van der Waals surface area contributed by atoms with Gasteiger partial charge in [-0.3, -0.25) is 4.79 Å². The highest BCUT2D eigenvalue weighted by molar-refractivity contribution is 5.95. The first kappa shape index (κ1) is 15.1. The lowest BCUT2D eigenvalue weighted by Crippen LogP contribution is -2.24. The van der Waals surface area contributed by atoms with E-state index in [2.05, 4.69) is 6.07 Å². The first-order valence-electron chi connectivity index (χ1n) is 7.70. The molecule has 23 heavy (non-hydrogen) atoms. The molecule has 1 saturated heterocycles. The Morgan fingerprint density at radius 1 is 1.13 bits per heavy atom. The Balaban J connectivity index is 1.61. The summed E-state index contributed by atoms with van der Waals surface area (Å²) in [4.78, 5) is 13.8. The van der Waals surface area contributed by atoms with Gasteiger partial charge in [-0.15, -0.1) is 0 Å². The van der Waals surface area contributed by atoms with Crippen molar-refractivity contribution < 1.29 is 9.53 Å². The van der Waals surface area contributed by atoms with Crippen LogP contribution >= 0.6 is 0 Å². The van der Waals surface area contributed by atoms with Crippen molar-refractivity contribution >= 4 is 11.6 Å². The normalized spacial score (nSPS) is 17.1. The standard InChI is InChI=1S/C19H18N2O2/c20-11-10-16-12-19(22)21(13-16)17-6-8-18(9-7-17)23-14-15-4-2-1-3-5-15/h1-9,16H,10,12-14H2/t16-/m1/s1. The highest BCUT2D eigenvalue weighted by Gasteiger charge is 2.30. The molecule has 2 aromatic rings. The summed E-state index contributed by atoms with van der Waals surface area (Å²) in [5.74, 6) is 1.00. The fraction of sp³-hybridized carbons (Fsp3) is 0.263. The lowest BCUT2D eigenvalue weighted by molar-refractivity contribution is -0.117. The van der Waals surface area contributed by atoms with E-state index in [4.69, 9.17) is 10.00 Å². The molecule has 0 aliphatic carbocycles. The average Bonchev–Trinajstić information content (AvgIpc) is 2.95. The van der Waals surface area contributed by atoms with Crippen molar-refractivity contribution in [2.24, 2.45) is 5.92 Å². The smallest absolute Gasteiger partial charge is 0.227 e. The van der Waals surface area contributed by atoms with Crippen molar-refractivity contribution in [1.29, 1.82) is 5.26 Å². The van der Waals surface area contributed by atoms with Crippen molar-refractivity contribution in [2.75, 3.05) is 11.4 Å². The quantitative estimate of drug-likeness (QED) is 0.849. The second-order valence-electron chi connectivity index (χ2n) is 5.70. The van der Waals surface area contributed by atoms with Crippen LogP contribution in [0.3, 0.4) is 0 Å². The fourth-order valence-electron chi connectivity index (χ4n) is 2.76. The molecule has 1 amide bonds. The van der Waals surface area contributed by atoms with Crippen LogP contribution in [0.1, 0.15) is 18.4 Å². The first-order valence-corrected chi connectivity index (χ1v) is 7.70. The number of hydrogen-bond acceptors (Lipinski definition) is 3. The molecule has 2 aromatic carbocycles. The SMILES string of the molecule is N#CC[C@@H]1CC(=O)N(c2ccc(OCc3ccccc3)cc2)C1. The minimum Gasteiger partial charge on any atom is -0.489 e. The van der Waals surface area contributed by atoms with Gasteiger partial charge in [0.1, 0.15) is 12.4 Å². The highest BCUT2D eigenvalue weighted by atomic mass is 16.5. The fourth-order valence-corrected chi connectivity index (χ4v) is 2.76. The second kappa shape index (κ2) is 6.97. The minimum absolute atomic E-state index is 0.0863. The molecule has 0 unspecified atom stereocenters. The van der Waals surface area contributed by atoms with E-state index in [0.29, 0.717) is 26.0 Å². The summed E-state index contributed by atoms with van der Waals surface area (Å²) in [6.45, 7) is 1.14. The van der Waals surface area contributed by atoms with Crippen LogP contribution in [0.25, 0.3) is 0 Å². The topological polar surface area (TPSA) is 53.3 Å². The number of rotatable bonds is 5. The molecule has 4 heteroatoms. The summed E-state index contributed by atoms with van der Waals surface area (Å²) in [5, 5.41) is 8.76. The molecule has 0 aromatic heterocycles. The maximum atomic E-state index is 12.0. The lowest BCUT2D eigenvalue weighted by atomic mass is 10.1. The first-order chi connectivity index (χ1) is 11.3. The van der Waals surface area contributed by atoms with Gasteiger partial charge in [-0.2, -0.15) is 5.26 Å². The number of carbonyl (C=O) groups is 1. The van der Waals surface area contributed by atoms with Crippen LogP contribution in [0, 0.1) is 17.2 Å². The Morgan fingerprint density at radius 2 is 1.87 bits per heavy atom. The molecule has 4 nitrogen and oxygen atoms in total. The molecule has 1 atom stereocenters. The summed E-state index contributed by atoms with van der Waals surface area (Å²) in [7, 11) is 0. The Morgan fingerprint density at radius 3 is 2.57 bits per heavy atom. The van der Waals surface area contributed by atoms with Crippen LogP contribution in [-0.4, -0.2) is 12.5 Å². The molecular formula is C19H18N2O2. The van der Waals surface area contributed by atoms with Gasteiger partial charge >= 0.3 is 0 Å². The maximum Gasteiger partial charge on any atom is 0.227 e. The van der Waals surface area contributed by atoms with Crippen molar-refractivity contribution in [3.05, 3.63) is 60.2 Å². The lowest BCUT2D eigenvalue weighted by Gasteiger charge is -2.17. The van der Waals surface area contributed by atoms with E-state index in [9.17, 15) is 4.79 Å². The highest BCUT2D eigenvalue weighted by Crippen LogP contribution is 2.28. The molecule has 1 fully saturated rings. The zero-order valence-corrected chi connectivity index (χ0v) is 12.8. The molecule has 0 bridgehead atoms. The Bertz CT molecular complexity index is 704. The van der Waals surface area contributed by atoms with Gasteiger partial charge in [0.2, 0.25) is 5.91 Å². The Hall–Kier alpha value is -2.80. The van der Waals surface area contributed by atoms with Crippen molar-refractivity contribution in [2.45, 2.75) is 19.4 Å². The third-order valence-corrected chi connectivity index (χ3v) is 3.98. The van der Waals surface area contributed by atoms with E-state index in [1.165, 1.54) is 0 Å². The third kappa shape index (κ3) is 3.70. The number of ether oxygens (including phenoxy) is 1. The number of carbonyl (C=O) groups excluding carboxylic acids is 1. The second-order valence-corrected chi connectivity index (χ2v) is 5.70. The third-order valence-electron chi connectivity index (χ3n) is 3.98. The van der Waals surface area contributed by atoms with E-state index in [1.807, 2.05) is 54.6 Å². The van der Waals surface area contributed by atoms with Gasteiger partial charge in [-0.1, -0.05) is 30.3 Å². The molecule has 0 spiro atoms. The summed E-state index contributed by atoms with van der Waals surface area (Å²) in [6, 6.07) is 19.7. The van der Waals surface area contributed by atoms with Gasteiger partial charge < -0.3 is 9.64 Å². The van der Waals surface area contributed by atoms with E-state index in [0.717, 1.165) is 17.0 Å².